The molecular weight excluding hydrogens is 268 g/mol. The molecule has 0 saturated carbocycles. The number of nitrogens with zero attached hydrogens (tertiary/aromatic N) is 1. The highest BCUT2D eigenvalue weighted by atomic mass is 16.5. The quantitative estimate of drug-likeness (QED) is 0.827. The molecule has 0 aromatic heterocycles. The molecule has 1 amide bonds. The Balaban J connectivity index is 2.14. The van der Waals surface area contributed by atoms with Gasteiger partial charge in [-0.15, -0.1) is 0 Å². The highest BCUT2D eigenvalue weighted by Crippen LogP contribution is 2.28. The van der Waals surface area contributed by atoms with E-state index < -0.39 is 0 Å². The van der Waals surface area contributed by atoms with E-state index in [0.717, 1.165) is 5.56 Å². The summed E-state index contributed by atoms with van der Waals surface area (Å²) in [7, 11) is 1.54. The molecule has 1 N–H and O–H groups in total. The maximum atomic E-state index is 10.2. The third kappa shape index (κ3) is 3.74. The van der Waals surface area contributed by atoms with Gasteiger partial charge in [-0.2, -0.15) is 5.26 Å². The molecule has 0 atom stereocenters. The van der Waals surface area contributed by atoms with Gasteiger partial charge in [-0.1, -0.05) is 12.1 Å². The van der Waals surface area contributed by atoms with Gasteiger partial charge in [-0.05, 0) is 29.8 Å². The van der Waals surface area contributed by atoms with Crippen LogP contribution < -0.4 is 14.8 Å². The molecule has 5 nitrogen and oxygen atoms in total. The van der Waals surface area contributed by atoms with E-state index in [1.54, 1.807) is 37.4 Å². The van der Waals surface area contributed by atoms with Gasteiger partial charge in [0.2, 0.25) is 6.41 Å². The van der Waals surface area contributed by atoms with Crippen LogP contribution in [-0.2, 0) is 11.3 Å². The van der Waals surface area contributed by atoms with E-state index in [9.17, 15) is 4.79 Å². The third-order valence-corrected chi connectivity index (χ3v) is 2.85. The van der Waals surface area contributed by atoms with E-state index in [0.29, 0.717) is 35.8 Å². The number of hydrogen-bond donors (Lipinski definition) is 1. The SMILES string of the molecule is COc1ccc(Oc2ccc(CNC=O)cc2)c(C#N)c1. The van der Waals surface area contributed by atoms with Crippen molar-refractivity contribution in [3.05, 3.63) is 53.6 Å². The summed E-state index contributed by atoms with van der Waals surface area (Å²) in [6.07, 6.45) is 0.654. The molecule has 0 aliphatic heterocycles. The Morgan fingerprint density at radius 2 is 1.90 bits per heavy atom. The van der Waals surface area contributed by atoms with Gasteiger partial charge in [0.25, 0.3) is 0 Å². The Morgan fingerprint density at radius 3 is 2.52 bits per heavy atom. The molecule has 0 saturated heterocycles. The van der Waals surface area contributed by atoms with Crippen molar-refractivity contribution in [1.82, 2.24) is 5.32 Å². The molecule has 106 valence electrons. The lowest BCUT2D eigenvalue weighted by atomic mass is 10.2. The minimum Gasteiger partial charge on any atom is -0.497 e. The molecule has 0 aliphatic carbocycles. The number of nitriles is 1. The number of hydrogen-bond acceptors (Lipinski definition) is 4. The van der Waals surface area contributed by atoms with Crippen molar-refractivity contribution in [2.24, 2.45) is 0 Å². The zero-order chi connectivity index (χ0) is 15.1. The first-order chi connectivity index (χ1) is 10.3. The maximum Gasteiger partial charge on any atom is 0.207 e. The summed E-state index contributed by atoms with van der Waals surface area (Å²) >= 11 is 0. The lowest BCUT2D eigenvalue weighted by Crippen LogP contribution is -2.09. The van der Waals surface area contributed by atoms with E-state index in [2.05, 4.69) is 11.4 Å². The van der Waals surface area contributed by atoms with Crippen LogP contribution in [0, 0.1) is 11.3 Å². The fourth-order valence-corrected chi connectivity index (χ4v) is 1.77. The molecule has 21 heavy (non-hydrogen) atoms. The molecular formula is C16H14N2O3. The Kier molecular flexibility index (Phi) is 4.78. The second-order valence-electron chi connectivity index (χ2n) is 4.22. The van der Waals surface area contributed by atoms with E-state index in [-0.39, 0.29) is 0 Å². The highest BCUT2D eigenvalue weighted by Gasteiger charge is 2.06. The summed E-state index contributed by atoms with van der Waals surface area (Å²) in [6, 6.07) is 14.4. The van der Waals surface area contributed by atoms with Crippen molar-refractivity contribution in [1.29, 1.82) is 5.26 Å². The van der Waals surface area contributed by atoms with Crippen LogP contribution in [0.1, 0.15) is 11.1 Å². The van der Waals surface area contributed by atoms with Gasteiger partial charge in [0.05, 0.1) is 12.7 Å². The largest absolute Gasteiger partial charge is 0.497 e. The summed E-state index contributed by atoms with van der Waals surface area (Å²) in [5.74, 6) is 1.69. The number of rotatable bonds is 6. The zero-order valence-corrected chi connectivity index (χ0v) is 11.5. The second-order valence-corrected chi connectivity index (χ2v) is 4.22. The molecule has 0 fully saturated rings. The first-order valence-electron chi connectivity index (χ1n) is 6.29. The van der Waals surface area contributed by atoms with Crippen molar-refractivity contribution in [3.8, 4) is 23.3 Å². The lowest BCUT2D eigenvalue weighted by Gasteiger charge is -2.09. The molecule has 5 heteroatoms. The number of nitrogens with one attached hydrogen (secondary N) is 1. The molecule has 0 spiro atoms. The summed E-state index contributed by atoms with van der Waals surface area (Å²) in [5.41, 5.74) is 1.37. The Morgan fingerprint density at radius 1 is 1.19 bits per heavy atom. The average Bonchev–Trinajstić information content (AvgIpc) is 2.54. The number of carbonyl (C=O) groups excluding carboxylic acids is 1. The predicted octanol–water partition coefficient (Wildman–Crippen LogP) is 2.61. The lowest BCUT2D eigenvalue weighted by molar-refractivity contribution is -0.109. The van der Waals surface area contributed by atoms with Crippen molar-refractivity contribution in [2.45, 2.75) is 6.54 Å². The molecule has 0 radical (unpaired) electrons. The van der Waals surface area contributed by atoms with Crippen LogP contribution in [0.2, 0.25) is 0 Å². The van der Waals surface area contributed by atoms with E-state index in [1.165, 1.54) is 0 Å². The van der Waals surface area contributed by atoms with Gasteiger partial charge in [0, 0.05) is 12.6 Å². The minimum absolute atomic E-state index is 0.404. The fraction of sp³-hybridized carbons (Fsp3) is 0.125. The molecule has 0 heterocycles. The zero-order valence-electron chi connectivity index (χ0n) is 11.5. The highest BCUT2D eigenvalue weighted by molar-refractivity contribution is 5.49. The van der Waals surface area contributed by atoms with Crippen molar-refractivity contribution >= 4 is 6.41 Å². The van der Waals surface area contributed by atoms with Crippen LogP contribution in [0.4, 0.5) is 0 Å². The van der Waals surface area contributed by atoms with Crippen LogP contribution >= 0.6 is 0 Å². The molecule has 0 aliphatic rings. The van der Waals surface area contributed by atoms with Crippen molar-refractivity contribution < 1.29 is 14.3 Å². The smallest absolute Gasteiger partial charge is 0.207 e. The number of ether oxygens (including phenoxy) is 2. The van der Waals surface area contributed by atoms with Crippen molar-refractivity contribution in [2.75, 3.05) is 7.11 Å². The van der Waals surface area contributed by atoms with Gasteiger partial charge >= 0.3 is 0 Å². The third-order valence-electron chi connectivity index (χ3n) is 2.85. The van der Waals surface area contributed by atoms with E-state index in [4.69, 9.17) is 14.7 Å². The second kappa shape index (κ2) is 6.96. The number of carbonyl (C=O) groups is 1. The molecule has 2 aromatic carbocycles. The Labute approximate surface area is 122 Å². The Hall–Kier alpha value is -3.00. The van der Waals surface area contributed by atoms with Gasteiger partial charge in [-0.25, -0.2) is 0 Å². The van der Waals surface area contributed by atoms with Gasteiger partial charge in [0.1, 0.15) is 23.3 Å². The van der Waals surface area contributed by atoms with Gasteiger partial charge in [0.15, 0.2) is 0 Å². The summed E-state index contributed by atoms with van der Waals surface area (Å²) in [6.45, 7) is 0.468. The molecule has 0 bridgehead atoms. The van der Waals surface area contributed by atoms with Crippen LogP contribution in [0.25, 0.3) is 0 Å². The summed E-state index contributed by atoms with van der Waals surface area (Å²) < 4.78 is 10.8. The molecule has 0 unspecified atom stereocenters. The first kappa shape index (κ1) is 14.4. The maximum absolute atomic E-state index is 10.2. The molecule has 2 rings (SSSR count). The van der Waals surface area contributed by atoms with Crippen LogP contribution in [0.3, 0.4) is 0 Å². The van der Waals surface area contributed by atoms with E-state index in [1.807, 2.05) is 12.1 Å². The van der Waals surface area contributed by atoms with Gasteiger partial charge < -0.3 is 14.8 Å². The fourth-order valence-electron chi connectivity index (χ4n) is 1.77. The monoisotopic (exact) mass is 282 g/mol. The van der Waals surface area contributed by atoms with Crippen molar-refractivity contribution in [3.63, 3.8) is 0 Å². The number of methoxy groups -OCH3 is 1. The summed E-state index contributed by atoms with van der Waals surface area (Å²) in [4.78, 5) is 10.2. The summed E-state index contributed by atoms with van der Waals surface area (Å²) in [5, 5.41) is 11.7. The Bertz CT molecular complexity index is 660. The standard InChI is InChI=1S/C16H14N2O3/c1-20-15-6-7-16(13(8-15)9-17)21-14-4-2-12(3-5-14)10-18-11-19/h2-8,11H,10H2,1H3,(H,18,19). The normalized spacial score (nSPS) is 9.52. The number of benzene rings is 2. The minimum atomic E-state index is 0.404. The first-order valence-corrected chi connectivity index (χ1v) is 6.29. The van der Waals surface area contributed by atoms with Crippen LogP contribution in [0.15, 0.2) is 42.5 Å². The topological polar surface area (TPSA) is 71.3 Å². The van der Waals surface area contributed by atoms with Crippen LogP contribution in [-0.4, -0.2) is 13.5 Å². The number of amides is 1. The van der Waals surface area contributed by atoms with E-state index >= 15 is 0 Å². The molecule has 2 aromatic rings. The predicted molar refractivity (Wildman–Crippen MR) is 77.1 cm³/mol. The van der Waals surface area contributed by atoms with Gasteiger partial charge in [-0.3, -0.25) is 4.79 Å². The van der Waals surface area contributed by atoms with Crippen LogP contribution in [0.5, 0.6) is 17.2 Å². The average molecular weight is 282 g/mol.